The van der Waals surface area contributed by atoms with Gasteiger partial charge in [0.05, 0.1) is 0 Å². The molecule has 0 bridgehead atoms. The first-order valence-electron chi connectivity index (χ1n) is 5.47. The highest BCUT2D eigenvalue weighted by atomic mass is 35.5. The zero-order valence-electron chi connectivity index (χ0n) is 8.93. The second-order valence-corrected chi connectivity index (χ2v) is 4.26. The van der Waals surface area contributed by atoms with Crippen LogP contribution in [0.1, 0.15) is 19.8 Å². The molecule has 0 aliphatic carbocycles. The quantitative estimate of drug-likeness (QED) is 0.740. The lowest BCUT2D eigenvalue weighted by Crippen LogP contribution is -2.33. The molecule has 3 nitrogen and oxygen atoms in total. The summed E-state index contributed by atoms with van der Waals surface area (Å²) in [7, 11) is 0. The van der Waals surface area contributed by atoms with E-state index >= 15 is 0 Å². The third-order valence-electron chi connectivity index (χ3n) is 3.15. The van der Waals surface area contributed by atoms with Crippen LogP contribution in [0, 0.1) is 5.92 Å². The Bertz CT molecular complexity index is 304. The van der Waals surface area contributed by atoms with Gasteiger partial charge < -0.3 is 4.90 Å². The second kappa shape index (κ2) is 4.79. The molecule has 1 aromatic rings. The predicted molar refractivity (Wildman–Crippen MR) is 62.3 cm³/mol. The van der Waals surface area contributed by atoms with E-state index in [0.717, 1.165) is 24.7 Å². The van der Waals surface area contributed by atoms with E-state index in [9.17, 15) is 0 Å². The number of hydrogen-bond donors (Lipinski definition) is 0. The van der Waals surface area contributed by atoms with Crippen molar-refractivity contribution in [1.29, 1.82) is 0 Å². The van der Waals surface area contributed by atoms with E-state index in [1.54, 1.807) is 6.20 Å². The van der Waals surface area contributed by atoms with Crippen LogP contribution in [0.25, 0.3) is 0 Å². The fraction of sp³-hybridized carbons (Fsp3) is 0.636. The summed E-state index contributed by atoms with van der Waals surface area (Å²) in [6, 6.07) is 4.48. The molecule has 0 aromatic carbocycles. The van der Waals surface area contributed by atoms with Gasteiger partial charge in [-0.15, -0.1) is 16.7 Å². The van der Waals surface area contributed by atoms with Gasteiger partial charge in [-0.05, 0) is 30.9 Å². The van der Waals surface area contributed by atoms with E-state index in [1.165, 1.54) is 6.42 Å². The molecule has 1 fully saturated rings. The van der Waals surface area contributed by atoms with Gasteiger partial charge in [-0.25, -0.2) is 0 Å². The largest absolute Gasteiger partial charge is 0.352 e. The van der Waals surface area contributed by atoms with Crippen LogP contribution in [0.15, 0.2) is 18.3 Å². The maximum atomic E-state index is 5.97. The summed E-state index contributed by atoms with van der Waals surface area (Å²) in [5.41, 5.74) is 0. The number of aromatic nitrogens is 2. The molecule has 15 heavy (non-hydrogen) atoms. The molecular formula is C11H16ClN3. The molecule has 1 aliphatic heterocycles. The molecular weight excluding hydrogens is 210 g/mol. The van der Waals surface area contributed by atoms with Gasteiger partial charge >= 0.3 is 0 Å². The number of rotatable bonds is 3. The van der Waals surface area contributed by atoms with Gasteiger partial charge in [-0.2, -0.15) is 5.10 Å². The van der Waals surface area contributed by atoms with Gasteiger partial charge in [0.15, 0.2) is 5.82 Å². The first-order valence-corrected chi connectivity index (χ1v) is 6.00. The van der Waals surface area contributed by atoms with Gasteiger partial charge in [0.2, 0.25) is 0 Å². The molecule has 0 amide bonds. The molecule has 0 spiro atoms. The Morgan fingerprint density at radius 1 is 1.60 bits per heavy atom. The lowest BCUT2D eigenvalue weighted by atomic mass is 10.0. The maximum absolute atomic E-state index is 5.97. The van der Waals surface area contributed by atoms with Crippen LogP contribution in [-0.4, -0.2) is 28.7 Å². The summed E-state index contributed by atoms with van der Waals surface area (Å²) in [4.78, 5) is 2.33. The van der Waals surface area contributed by atoms with Gasteiger partial charge in [0.25, 0.3) is 0 Å². The first-order chi connectivity index (χ1) is 7.36. The fourth-order valence-electron chi connectivity index (χ4n) is 2.38. The number of halogens is 1. The molecule has 0 saturated carbocycles. The van der Waals surface area contributed by atoms with E-state index in [2.05, 4.69) is 22.0 Å². The van der Waals surface area contributed by atoms with Crippen molar-refractivity contribution in [3.05, 3.63) is 18.3 Å². The average Bonchev–Trinajstić information content (AvgIpc) is 2.72. The molecule has 2 atom stereocenters. The molecule has 1 aliphatic rings. The molecule has 2 heterocycles. The van der Waals surface area contributed by atoms with Crippen molar-refractivity contribution in [2.75, 3.05) is 17.3 Å². The Morgan fingerprint density at radius 3 is 3.07 bits per heavy atom. The van der Waals surface area contributed by atoms with Crippen molar-refractivity contribution < 1.29 is 0 Å². The lowest BCUT2D eigenvalue weighted by molar-refractivity contribution is 0.502. The van der Waals surface area contributed by atoms with Crippen LogP contribution in [-0.2, 0) is 0 Å². The average molecular weight is 226 g/mol. The minimum absolute atomic E-state index is 0.527. The van der Waals surface area contributed by atoms with Crippen molar-refractivity contribution in [3.8, 4) is 0 Å². The monoisotopic (exact) mass is 225 g/mol. The maximum Gasteiger partial charge on any atom is 0.151 e. The standard InChI is InChI=1S/C11H16ClN3/c1-2-10-9(8-12)5-7-15(10)11-4-3-6-13-14-11/h3-4,6,9-10H,2,5,7-8H2,1H3. The molecule has 1 saturated heterocycles. The minimum Gasteiger partial charge on any atom is -0.352 e. The third kappa shape index (κ3) is 2.07. The van der Waals surface area contributed by atoms with Gasteiger partial charge in [-0.3, -0.25) is 0 Å². The zero-order valence-corrected chi connectivity index (χ0v) is 9.69. The highest BCUT2D eigenvalue weighted by Gasteiger charge is 2.32. The Morgan fingerprint density at radius 2 is 2.47 bits per heavy atom. The number of nitrogens with zero attached hydrogens (tertiary/aromatic N) is 3. The highest BCUT2D eigenvalue weighted by molar-refractivity contribution is 6.18. The smallest absolute Gasteiger partial charge is 0.151 e. The van der Waals surface area contributed by atoms with Gasteiger partial charge in [0.1, 0.15) is 0 Å². The summed E-state index contributed by atoms with van der Waals surface area (Å²) in [6.07, 6.45) is 3.99. The van der Waals surface area contributed by atoms with E-state index < -0.39 is 0 Å². The summed E-state index contributed by atoms with van der Waals surface area (Å²) >= 11 is 5.97. The molecule has 0 N–H and O–H groups in total. The second-order valence-electron chi connectivity index (χ2n) is 3.95. The van der Waals surface area contributed by atoms with Crippen LogP contribution in [0.2, 0.25) is 0 Å². The van der Waals surface area contributed by atoms with Gasteiger partial charge in [-0.1, -0.05) is 6.92 Å². The van der Waals surface area contributed by atoms with Crippen LogP contribution in [0.3, 0.4) is 0 Å². The van der Waals surface area contributed by atoms with Crippen molar-refractivity contribution in [2.24, 2.45) is 5.92 Å². The van der Waals surface area contributed by atoms with Crippen LogP contribution in [0.4, 0.5) is 5.82 Å². The third-order valence-corrected chi connectivity index (χ3v) is 3.55. The van der Waals surface area contributed by atoms with Crippen molar-refractivity contribution >= 4 is 17.4 Å². The molecule has 4 heteroatoms. The first kappa shape index (κ1) is 10.7. The lowest BCUT2D eigenvalue weighted by Gasteiger charge is -2.26. The van der Waals surface area contributed by atoms with Crippen molar-refractivity contribution in [3.63, 3.8) is 0 Å². The summed E-state index contributed by atoms with van der Waals surface area (Å²) in [6.45, 7) is 3.26. The van der Waals surface area contributed by atoms with Crippen molar-refractivity contribution in [1.82, 2.24) is 10.2 Å². The Balaban J connectivity index is 2.17. The number of anilines is 1. The SMILES string of the molecule is CCC1C(CCl)CCN1c1cccnn1. The molecule has 1 aromatic heterocycles. The Kier molecular flexibility index (Phi) is 3.41. The molecule has 2 unspecified atom stereocenters. The van der Waals surface area contributed by atoms with Gasteiger partial charge in [0, 0.05) is 24.7 Å². The predicted octanol–water partition coefficient (Wildman–Crippen LogP) is 2.32. The molecule has 0 radical (unpaired) electrons. The van der Waals surface area contributed by atoms with E-state index in [1.807, 2.05) is 12.1 Å². The minimum atomic E-state index is 0.527. The number of hydrogen-bond acceptors (Lipinski definition) is 3. The van der Waals surface area contributed by atoms with E-state index in [4.69, 9.17) is 11.6 Å². The number of alkyl halides is 1. The summed E-state index contributed by atoms with van der Waals surface area (Å²) in [5, 5.41) is 8.08. The highest BCUT2D eigenvalue weighted by Crippen LogP contribution is 2.30. The summed E-state index contributed by atoms with van der Waals surface area (Å²) in [5.74, 6) is 2.32. The molecule has 2 rings (SSSR count). The van der Waals surface area contributed by atoms with Crippen LogP contribution in [0.5, 0.6) is 0 Å². The zero-order chi connectivity index (χ0) is 10.7. The van der Waals surface area contributed by atoms with Crippen molar-refractivity contribution in [2.45, 2.75) is 25.8 Å². The molecule has 82 valence electrons. The topological polar surface area (TPSA) is 29.0 Å². The van der Waals surface area contributed by atoms with Crippen LogP contribution < -0.4 is 4.90 Å². The van der Waals surface area contributed by atoms with E-state index in [-0.39, 0.29) is 0 Å². The van der Waals surface area contributed by atoms with Crippen LogP contribution >= 0.6 is 11.6 Å². The fourth-order valence-corrected chi connectivity index (χ4v) is 2.74. The normalized spacial score (nSPS) is 25.9. The summed E-state index contributed by atoms with van der Waals surface area (Å²) < 4.78 is 0. The Labute approximate surface area is 95.5 Å². The Hall–Kier alpha value is -0.830. The van der Waals surface area contributed by atoms with E-state index in [0.29, 0.717) is 12.0 Å².